The van der Waals surface area contributed by atoms with Crippen LogP contribution in [0.2, 0.25) is 0 Å². The van der Waals surface area contributed by atoms with Crippen molar-refractivity contribution in [1.82, 2.24) is 5.32 Å². The molecule has 0 aromatic heterocycles. The number of hydrogen-bond acceptors (Lipinski definition) is 3. The number of hydrogen-bond donors (Lipinski definition) is 1. The second-order valence-corrected chi connectivity index (χ2v) is 4.68. The molecule has 1 saturated heterocycles. The minimum absolute atomic E-state index is 0. The van der Waals surface area contributed by atoms with Crippen LogP contribution in [-0.2, 0) is 0 Å². The molecule has 17 heavy (non-hydrogen) atoms. The fourth-order valence-corrected chi connectivity index (χ4v) is 2.61. The Balaban J connectivity index is 0.00000144. The predicted molar refractivity (Wildman–Crippen MR) is 74.5 cm³/mol. The molecule has 3 nitrogen and oxygen atoms in total. The minimum Gasteiger partial charge on any atom is -0.495 e. The Hall–Kier alpha value is -0.450. The van der Waals surface area contributed by atoms with E-state index in [9.17, 15) is 0 Å². The average molecular weight is 323 g/mol. The molecule has 2 rings (SSSR count). The van der Waals surface area contributed by atoms with Crippen LogP contribution >= 0.6 is 28.3 Å². The molecule has 1 aromatic rings. The van der Waals surface area contributed by atoms with Crippen LogP contribution in [0.1, 0.15) is 24.4 Å². The van der Waals surface area contributed by atoms with Gasteiger partial charge in [-0.3, -0.25) is 0 Å². The number of ether oxygens (including phenoxy) is 2. The van der Waals surface area contributed by atoms with Gasteiger partial charge in [-0.25, -0.2) is 0 Å². The first-order chi connectivity index (χ1) is 7.76. The fraction of sp³-hybridized carbons (Fsp3) is 0.500. The molecule has 1 atom stereocenters. The number of benzene rings is 1. The zero-order valence-corrected chi connectivity index (χ0v) is 12.4. The Morgan fingerprint density at radius 3 is 2.24 bits per heavy atom. The maximum absolute atomic E-state index is 5.33. The highest BCUT2D eigenvalue weighted by molar-refractivity contribution is 9.10. The van der Waals surface area contributed by atoms with Crippen LogP contribution in [0, 0.1) is 0 Å². The first-order valence-electron chi connectivity index (χ1n) is 5.41. The highest BCUT2D eigenvalue weighted by atomic mass is 79.9. The van der Waals surface area contributed by atoms with E-state index >= 15 is 0 Å². The van der Waals surface area contributed by atoms with E-state index in [4.69, 9.17) is 9.47 Å². The molecule has 0 saturated carbocycles. The Bertz CT molecular complexity index is 356. The van der Waals surface area contributed by atoms with Crippen molar-refractivity contribution in [2.75, 3.05) is 20.8 Å². The molecule has 5 heteroatoms. The smallest absolute Gasteiger partial charge is 0.137 e. The van der Waals surface area contributed by atoms with Gasteiger partial charge in [-0.15, -0.1) is 12.4 Å². The van der Waals surface area contributed by atoms with E-state index in [2.05, 4.69) is 33.4 Å². The Kier molecular flexibility index (Phi) is 5.56. The topological polar surface area (TPSA) is 30.5 Å². The summed E-state index contributed by atoms with van der Waals surface area (Å²) in [4.78, 5) is 0. The summed E-state index contributed by atoms with van der Waals surface area (Å²) in [6.07, 6.45) is 2.40. The first kappa shape index (κ1) is 14.6. The van der Waals surface area contributed by atoms with Gasteiger partial charge in [-0.2, -0.15) is 0 Å². The molecule has 1 aromatic carbocycles. The van der Waals surface area contributed by atoms with Crippen molar-refractivity contribution in [2.24, 2.45) is 0 Å². The quantitative estimate of drug-likeness (QED) is 0.926. The van der Waals surface area contributed by atoms with Crippen LogP contribution in [-0.4, -0.2) is 20.8 Å². The molecule has 0 amide bonds. The van der Waals surface area contributed by atoms with Gasteiger partial charge in [0.1, 0.15) is 16.0 Å². The summed E-state index contributed by atoms with van der Waals surface area (Å²) in [5, 5.41) is 3.47. The Morgan fingerprint density at radius 1 is 1.24 bits per heavy atom. The molecular formula is C12H17BrClNO2. The van der Waals surface area contributed by atoms with Crippen molar-refractivity contribution < 1.29 is 9.47 Å². The van der Waals surface area contributed by atoms with Gasteiger partial charge < -0.3 is 14.8 Å². The largest absolute Gasteiger partial charge is 0.495 e. The lowest BCUT2D eigenvalue weighted by Gasteiger charge is -2.15. The van der Waals surface area contributed by atoms with Gasteiger partial charge in [0.05, 0.1) is 14.2 Å². The van der Waals surface area contributed by atoms with Crippen molar-refractivity contribution >= 4 is 28.3 Å². The second kappa shape index (κ2) is 6.47. The van der Waals surface area contributed by atoms with Gasteiger partial charge in [0, 0.05) is 6.04 Å². The van der Waals surface area contributed by atoms with E-state index in [1.165, 1.54) is 18.4 Å². The summed E-state index contributed by atoms with van der Waals surface area (Å²) < 4.78 is 11.5. The first-order valence-corrected chi connectivity index (χ1v) is 6.20. The third-order valence-electron chi connectivity index (χ3n) is 2.93. The molecule has 1 heterocycles. The van der Waals surface area contributed by atoms with Crippen LogP contribution in [0.3, 0.4) is 0 Å². The van der Waals surface area contributed by atoms with Gasteiger partial charge in [0.25, 0.3) is 0 Å². The molecule has 96 valence electrons. The molecule has 0 radical (unpaired) electrons. The predicted octanol–water partition coefficient (Wildman–Crippen LogP) is 3.31. The van der Waals surface area contributed by atoms with Crippen molar-refractivity contribution in [2.45, 2.75) is 18.9 Å². The van der Waals surface area contributed by atoms with Crippen LogP contribution < -0.4 is 14.8 Å². The molecule has 1 aliphatic rings. The van der Waals surface area contributed by atoms with E-state index in [0.29, 0.717) is 6.04 Å². The highest BCUT2D eigenvalue weighted by Crippen LogP contribution is 2.38. The average Bonchev–Trinajstić information content (AvgIpc) is 2.83. The zero-order valence-electron chi connectivity index (χ0n) is 9.96. The molecule has 0 unspecified atom stereocenters. The van der Waals surface area contributed by atoms with E-state index < -0.39 is 0 Å². The number of halogens is 2. The second-order valence-electron chi connectivity index (χ2n) is 3.89. The van der Waals surface area contributed by atoms with Gasteiger partial charge in [-0.1, -0.05) is 0 Å². The third kappa shape index (κ3) is 3.06. The lowest BCUT2D eigenvalue weighted by atomic mass is 10.0. The highest BCUT2D eigenvalue weighted by Gasteiger charge is 2.19. The molecule has 1 aliphatic heterocycles. The van der Waals surface area contributed by atoms with Crippen LogP contribution in [0.25, 0.3) is 0 Å². The lowest BCUT2D eigenvalue weighted by molar-refractivity contribution is 0.387. The molecule has 0 spiro atoms. The third-order valence-corrected chi connectivity index (χ3v) is 3.71. The number of methoxy groups -OCH3 is 2. The van der Waals surface area contributed by atoms with E-state index in [0.717, 1.165) is 22.5 Å². The number of rotatable bonds is 3. The summed E-state index contributed by atoms with van der Waals surface area (Å²) in [5.74, 6) is 1.64. The number of nitrogens with one attached hydrogen (secondary N) is 1. The summed E-state index contributed by atoms with van der Waals surface area (Å²) in [5.41, 5.74) is 1.23. The molecular weight excluding hydrogens is 305 g/mol. The van der Waals surface area contributed by atoms with E-state index in [-0.39, 0.29) is 12.4 Å². The van der Waals surface area contributed by atoms with Crippen LogP contribution in [0.5, 0.6) is 11.5 Å². The van der Waals surface area contributed by atoms with Gasteiger partial charge in [0.15, 0.2) is 0 Å². The molecule has 1 fully saturated rings. The van der Waals surface area contributed by atoms with Gasteiger partial charge >= 0.3 is 0 Å². The van der Waals surface area contributed by atoms with Crippen LogP contribution in [0.15, 0.2) is 16.6 Å². The van der Waals surface area contributed by atoms with Crippen molar-refractivity contribution in [1.29, 1.82) is 0 Å². The van der Waals surface area contributed by atoms with Crippen molar-refractivity contribution in [3.8, 4) is 11.5 Å². The fourth-order valence-electron chi connectivity index (χ4n) is 2.06. The summed E-state index contributed by atoms with van der Waals surface area (Å²) in [6.45, 7) is 1.09. The summed E-state index contributed by atoms with van der Waals surface area (Å²) in [6, 6.07) is 4.56. The summed E-state index contributed by atoms with van der Waals surface area (Å²) in [7, 11) is 3.34. The van der Waals surface area contributed by atoms with E-state index in [1.807, 2.05) is 0 Å². The normalized spacial score (nSPS) is 18.6. The lowest BCUT2D eigenvalue weighted by Crippen LogP contribution is -2.13. The maximum atomic E-state index is 5.33. The minimum atomic E-state index is 0. The Labute approximate surface area is 116 Å². The zero-order chi connectivity index (χ0) is 11.5. The van der Waals surface area contributed by atoms with E-state index in [1.54, 1.807) is 14.2 Å². The van der Waals surface area contributed by atoms with Crippen molar-refractivity contribution in [3.63, 3.8) is 0 Å². The summed E-state index contributed by atoms with van der Waals surface area (Å²) >= 11 is 3.47. The molecule has 0 bridgehead atoms. The SMILES string of the molecule is COc1cc([C@H]2CCCN2)cc(OC)c1Br.Cl. The Morgan fingerprint density at radius 2 is 1.82 bits per heavy atom. The monoisotopic (exact) mass is 321 g/mol. The van der Waals surface area contributed by atoms with Crippen molar-refractivity contribution in [3.05, 3.63) is 22.2 Å². The molecule has 1 N–H and O–H groups in total. The van der Waals surface area contributed by atoms with Gasteiger partial charge in [-0.05, 0) is 53.0 Å². The van der Waals surface area contributed by atoms with Gasteiger partial charge in [0.2, 0.25) is 0 Å². The standard InChI is InChI=1S/C12H16BrNO2.ClH/c1-15-10-6-8(9-4-3-5-14-9)7-11(16-2)12(10)13;/h6-7,9,14H,3-5H2,1-2H3;1H/t9-;/m1./s1. The maximum Gasteiger partial charge on any atom is 0.137 e. The van der Waals surface area contributed by atoms with Crippen LogP contribution in [0.4, 0.5) is 0 Å². The molecule has 0 aliphatic carbocycles.